The van der Waals surface area contributed by atoms with Crippen molar-refractivity contribution in [3.63, 3.8) is 0 Å². The number of aromatic nitrogens is 1. The molecule has 1 aliphatic rings. The smallest absolute Gasteiger partial charge is 0.259 e. The number of hydrogen-bond donors (Lipinski definition) is 1. The van der Waals surface area contributed by atoms with Crippen molar-refractivity contribution in [1.29, 1.82) is 0 Å². The first-order valence-corrected chi connectivity index (χ1v) is 6.46. The third-order valence-corrected chi connectivity index (χ3v) is 3.32. The summed E-state index contributed by atoms with van der Waals surface area (Å²) >= 11 is 0. The van der Waals surface area contributed by atoms with Gasteiger partial charge in [-0.15, -0.1) is 0 Å². The zero-order valence-corrected chi connectivity index (χ0v) is 10.8. The molecule has 0 atom stereocenters. The molecule has 104 valence electrons. The van der Waals surface area contributed by atoms with E-state index in [-0.39, 0.29) is 11.7 Å². The number of benzene rings is 1. The summed E-state index contributed by atoms with van der Waals surface area (Å²) in [6.45, 7) is 2.88. The maximum atomic E-state index is 13.0. The number of amides is 1. The molecule has 1 fully saturated rings. The Hall–Kier alpha value is -2.21. The average molecular weight is 275 g/mol. The van der Waals surface area contributed by atoms with E-state index in [2.05, 4.69) is 10.5 Å². The second-order valence-corrected chi connectivity index (χ2v) is 4.63. The molecule has 2 heterocycles. The average Bonchev–Trinajstić information content (AvgIpc) is 2.97. The van der Waals surface area contributed by atoms with Crippen molar-refractivity contribution < 1.29 is 13.7 Å². The largest absolute Gasteiger partial charge is 0.363 e. The molecule has 0 bridgehead atoms. The molecule has 1 aromatic carbocycles. The fraction of sp³-hybridized carbons (Fsp3) is 0.286. The summed E-state index contributed by atoms with van der Waals surface area (Å²) < 4.78 is 17.9. The molecule has 1 saturated heterocycles. The van der Waals surface area contributed by atoms with Crippen LogP contribution < -0.4 is 5.32 Å². The van der Waals surface area contributed by atoms with Crippen LogP contribution in [0.5, 0.6) is 0 Å². The van der Waals surface area contributed by atoms with Crippen molar-refractivity contribution in [2.75, 3.05) is 26.2 Å². The molecule has 3 rings (SSSR count). The molecular weight excluding hydrogens is 261 g/mol. The van der Waals surface area contributed by atoms with E-state index in [0.717, 1.165) is 13.1 Å². The lowest BCUT2D eigenvalue weighted by Crippen LogP contribution is -2.46. The number of nitrogens with one attached hydrogen (secondary N) is 1. The predicted molar refractivity (Wildman–Crippen MR) is 70.7 cm³/mol. The van der Waals surface area contributed by atoms with Gasteiger partial charge >= 0.3 is 0 Å². The van der Waals surface area contributed by atoms with Gasteiger partial charge in [-0.3, -0.25) is 4.79 Å². The van der Waals surface area contributed by atoms with Gasteiger partial charge in [-0.1, -0.05) is 5.16 Å². The highest BCUT2D eigenvalue weighted by molar-refractivity contribution is 5.99. The van der Waals surface area contributed by atoms with Crippen LogP contribution in [0.3, 0.4) is 0 Å². The Balaban J connectivity index is 1.89. The number of halogens is 1. The molecule has 5 nitrogen and oxygen atoms in total. The third kappa shape index (κ3) is 2.42. The number of nitrogens with zero attached hydrogens (tertiary/aromatic N) is 2. The van der Waals surface area contributed by atoms with Crippen LogP contribution in [0.2, 0.25) is 0 Å². The minimum absolute atomic E-state index is 0.105. The lowest BCUT2D eigenvalue weighted by atomic mass is 10.1. The second-order valence-electron chi connectivity index (χ2n) is 4.63. The fourth-order valence-electron chi connectivity index (χ4n) is 2.24. The van der Waals surface area contributed by atoms with Gasteiger partial charge in [0.25, 0.3) is 5.91 Å². The summed E-state index contributed by atoms with van der Waals surface area (Å²) in [7, 11) is 0. The van der Waals surface area contributed by atoms with Gasteiger partial charge in [0.05, 0.1) is 0 Å². The summed E-state index contributed by atoms with van der Waals surface area (Å²) in [6.07, 6.45) is 1.35. The van der Waals surface area contributed by atoms with Crippen LogP contribution in [0.4, 0.5) is 4.39 Å². The first-order chi connectivity index (χ1) is 9.75. The molecule has 1 amide bonds. The molecule has 20 heavy (non-hydrogen) atoms. The normalized spacial score (nSPS) is 15.3. The van der Waals surface area contributed by atoms with E-state index in [4.69, 9.17) is 4.52 Å². The van der Waals surface area contributed by atoms with Crippen LogP contribution in [0.1, 0.15) is 10.4 Å². The molecule has 0 spiro atoms. The van der Waals surface area contributed by atoms with Gasteiger partial charge in [0.15, 0.2) is 0 Å². The van der Waals surface area contributed by atoms with Crippen molar-refractivity contribution in [3.05, 3.63) is 41.9 Å². The van der Waals surface area contributed by atoms with E-state index in [1.54, 1.807) is 17.0 Å². The molecule has 1 aliphatic heterocycles. The molecular formula is C14H14FN3O2. The topological polar surface area (TPSA) is 58.4 Å². The first kappa shape index (κ1) is 12.8. The molecule has 0 radical (unpaired) electrons. The summed E-state index contributed by atoms with van der Waals surface area (Å²) in [5.74, 6) is -0.431. The Bertz CT molecular complexity index is 603. The van der Waals surface area contributed by atoms with Crippen LogP contribution in [0.25, 0.3) is 11.3 Å². The van der Waals surface area contributed by atoms with Crippen LogP contribution in [0, 0.1) is 5.82 Å². The molecule has 1 N–H and O–H groups in total. The molecule has 2 aromatic rings. The fourth-order valence-corrected chi connectivity index (χ4v) is 2.24. The standard InChI is InChI=1S/C14H14FN3O2/c15-11-3-1-10(2-4-11)13-12(9-20-17-13)14(19)18-7-5-16-6-8-18/h1-4,9,16H,5-8H2. The van der Waals surface area contributed by atoms with Gasteiger partial charge in [0.1, 0.15) is 23.3 Å². The Morgan fingerprint density at radius 2 is 1.95 bits per heavy atom. The van der Waals surface area contributed by atoms with Gasteiger partial charge < -0.3 is 14.7 Å². The number of hydrogen-bond acceptors (Lipinski definition) is 4. The van der Waals surface area contributed by atoms with E-state index in [1.165, 1.54) is 18.4 Å². The molecule has 1 aromatic heterocycles. The van der Waals surface area contributed by atoms with E-state index in [1.807, 2.05) is 0 Å². The summed E-state index contributed by atoms with van der Waals surface area (Å²) in [4.78, 5) is 14.2. The maximum absolute atomic E-state index is 13.0. The molecule has 0 aliphatic carbocycles. The number of carbonyl (C=O) groups excluding carboxylic acids is 1. The summed E-state index contributed by atoms with van der Waals surface area (Å²) in [6, 6.07) is 5.84. The zero-order valence-electron chi connectivity index (χ0n) is 10.8. The van der Waals surface area contributed by atoms with Crippen LogP contribution in [-0.4, -0.2) is 42.1 Å². The predicted octanol–water partition coefficient (Wildman–Crippen LogP) is 1.53. The van der Waals surface area contributed by atoms with E-state index < -0.39 is 0 Å². The van der Waals surface area contributed by atoms with Gasteiger partial charge in [-0.05, 0) is 24.3 Å². The summed E-state index contributed by atoms with van der Waals surface area (Å²) in [5, 5.41) is 7.06. The van der Waals surface area contributed by atoms with E-state index in [0.29, 0.717) is 29.9 Å². The van der Waals surface area contributed by atoms with Crippen molar-refractivity contribution in [2.45, 2.75) is 0 Å². The van der Waals surface area contributed by atoms with Crippen molar-refractivity contribution >= 4 is 5.91 Å². The van der Waals surface area contributed by atoms with Crippen LogP contribution in [-0.2, 0) is 0 Å². The molecule has 6 heteroatoms. The quantitative estimate of drug-likeness (QED) is 0.903. The second kappa shape index (κ2) is 5.42. The summed E-state index contributed by atoms with van der Waals surface area (Å²) in [5.41, 5.74) is 1.53. The van der Waals surface area contributed by atoms with Crippen LogP contribution in [0.15, 0.2) is 35.1 Å². The number of rotatable bonds is 2. The lowest BCUT2D eigenvalue weighted by Gasteiger charge is -2.27. The minimum Gasteiger partial charge on any atom is -0.363 e. The SMILES string of the molecule is O=C(c1conc1-c1ccc(F)cc1)N1CCNCC1. The highest BCUT2D eigenvalue weighted by atomic mass is 19.1. The van der Waals surface area contributed by atoms with Gasteiger partial charge in [0.2, 0.25) is 0 Å². The van der Waals surface area contributed by atoms with E-state index in [9.17, 15) is 9.18 Å². The van der Waals surface area contributed by atoms with E-state index >= 15 is 0 Å². The Labute approximate surface area is 115 Å². The Morgan fingerprint density at radius 1 is 1.25 bits per heavy atom. The van der Waals surface area contributed by atoms with Gasteiger partial charge in [0, 0.05) is 31.7 Å². The highest BCUT2D eigenvalue weighted by Gasteiger charge is 2.23. The zero-order chi connectivity index (χ0) is 13.9. The van der Waals surface area contributed by atoms with Gasteiger partial charge in [-0.2, -0.15) is 0 Å². The Morgan fingerprint density at radius 3 is 2.65 bits per heavy atom. The highest BCUT2D eigenvalue weighted by Crippen LogP contribution is 2.23. The number of piperazine rings is 1. The number of carbonyl (C=O) groups is 1. The maximum Gasteiger partial charge on any atom is 0.259 e. The monoisotopic (exact) mass is 275 g/mol. The first-order valence-electron chi connectivity index (χ1n) is 6.46. The van der Waals surface area contributed by atoms with Crippen molar-refractivity contribution in [3.8, 4) is 11.3 Å². The minimum atomic E-state index is -0.327. The van der Waals surface area contributed by atoms with Crippen LogP contribution >= 0.6 is 0 Å². The van der Waals surface area contributed by atoms with Crippen molar-refractivity contribution in [2.24, 2.45) is 0 Å². The molecule has 0 unspecified atom stereocenters. The molecule has 0 saturated carbocycles. The van der Waals surface area contributed by atoms with Gasteiger partial charge in [-0.25, -0.2) is 4.39 Å². The van der Waals surface area contributed by atoms with Crippen molar-refractivity contribution in [1.82, 2.24) is 15.4 Å². The third-order valence-electron chi connectivity index (χ3n) is 3.32. The lowest BCUT2D eigenvalue weighted by molar-refractivity contribution is 0.0736. The Kier molecular flexibility index (Phi) is 3.47.